The number of carboxylic acid groups (broad SMARTS) is 1. The zero-order valence-corrected chi connectivity index (χ0v) is 20.4. The van der Waals surface area contributed by atoms with Gasteiger partial charge in [-0.25, -0.2) is 22.6 Å². The average molecular weight is 516 g/mol. The van der Waals surface area contributed by atoms with Crippen LogP contribution in [0, 0.1) is 17.5 Å². The fraction of sp³-hybridized carbons (Fsp3) is 0.346. The molecule has 11 heteroatoms. The van der Waals surface area contributed by atoms with Gasteiger partial charge in [0, 0.05) is 69.2 Å². The molecule has 1 saturated heterocycles. The van der Waals surface area contributed by atoms with Gasteiger partial charge in [0.1, 0.15) is 5.69 Å². The van der Waals surface area contributed by atoms with E-state index in [-0.39, 0.29) is 17.8 Å². The average Bonchev–Trinajstić information content (AvgIpc) is 2.87. The summed E-state index contributed by atoms with van der Waals surface area (Å²) in [4.78, 5) is 30.3. The lowest BCUT2D eigenvalue weighted by molar-refractivity contribution is 0.153. The normalized spacial score (nSPS) is 14.6. The highest BCUT2D eigenvalue weighted by molar-refractivity contribution is 5.86. The summed E-state index contributed by atoms with van der Waals surface area (Å²) in [5.41, 5.74) is 0.724. The molecule has 1 N–H and O–H groups in total. The molecule has 0 unspecified atom stereocenters. The first kappa shape index (κ1) is 26.4. The van der Waals surface area contributed by atoms with Crippen LogP contribution in [0.3, 0.4) is 0 Å². The fourth-order valence-electron chi connectivity index (χ4n) is 4.27. The van der Waals surface area contributed by atoms with E-state index in [1.807, 2.05) is 0 Å². The molecule has 0 radical (unpaired) electrons. The van der Waals surface area contributed by atoms with Crippen molar-refractivity contribution in [2.45, 2.75) is 12.8 Å². The first-order valence-electron chi connectivity index (χ1n) is 12.0. The molecule has 1 fully saturated rings. The van der Waals surface area contributed by atoms with E-state index in [1.165, 1.54) is 17.2 Å². The van der Waals surface area contributed by atoms with Crippen molar-refractivity contribution in [3.8, 4) is 5.69 Å². The first-order chi connectivity index (χ1) is 17.7. The SMILES string of the molecule is CN1CCN(CCCN(C(=O)O)c2cccc(Cc3nn(-c4cc(F)c(F)c(F)c4)ccc3=O)c2)CC1. The number of piperazine rings is 1. The number of amides is 1. The van der Waals surface area contributed by atoms with Gasteiger partial charge in [-0.15, -0.1) is 0 Å². The predicted octanol–water partition coefficient (Wildman–Crippen LogP) is 3.36. The molecule has 196 valence electrons. The molecule has 2 aromatic carbocycles. The number of halogens is 3. The van der Waals surface area contributed by atoms with E-state index >= 15 is 0 Å². The Morgan fingerprint density at radius 1 is 1.05 bits per heavy atom. The quantitative estimate of drug-likeness (QED) is 0.464. The van der Waals surface area contributed by atoms with Crippen molar-refractivity contribution >= 4 is 11.8 Å². The Balaban J connectivity index is 1.49. The van der Waals surface area contributed by atoms with Crippen molar-refractivity contribution in [3.05, 3.63) is 87.6 Å². The molecule has 1 aliphatic heterocycles. The maximum absolute atomic E-state index is 13.7. The second kappa shape index (κ2) is 11.6. The van der Waals surface area contributed by atoms with E-state index < -0.39 is 29.0 Å². The minimum atomic E-state index is -1.59. The summed E-state index contributed by atoms with van der Waals surface area (Å²) in [6, 6.07) is 9.58. The van der Waals surface area contributed by atoms with Crippen molar-refractivity contribution in [2.24, 2.45) is 0 Å². The molecular formula is C26H28F3N5O3. The van der Waals surface area contributed by atoms with Crippen LogP contribution in [0.25, 0.3) is 5.69 Å². The van der Waals surface area contributed by atoms with Gasteiger partial charge in [0.05, 0.1) is 5.69 Å². The molecule has 1 aromatic heterocycles. The van der Waals surface area contributed by atoms with E-state index in [1.54, 1.807) is 24.3 Å². The van der Waals surface area contributed by atoms with Crippen LogP contribution in [0.1, 0.15) is 17.7 Å². The van der Waals surface area contributed by atoms with Crippen molar-refractivity contribution in [1.29, 1.82) is 0 Å². The van der Waals surface area contributed by atoms with Gasteiger partial charge in [-0.1, -0.05) is 12.1 Å². The van der Waals surface area contributed by atoms with Gasteiger partial charge in [-0.3, -0.25) is 9.69 Å². The molecule has 0 atom stereocenters. The largest absolute Gasteiger partial charge is 0.465 e. The molecule has 3 aromatic rings. The number of hydrogen-bond acceptors (Lipinski definition) is 5. The lowest BCUT2D eigenvalue weighted by Gasteiger charge is -2.32. The van der Waals surface area contributed by atoms with Gasteiger partial charge in [-0.2, -0.15) is 5.10 Å². The Morgan fingerprint density at radius 2 is 1.76 bits per heavy atom. The molecule has 2 heterocycles. The Bertz CT molecular complexity index is 1300. The molecule has 0 bridgehead atoms. The number of benzene rings is 2. The summed E-state index contributed by atoms with van der Waals surface area (Å²) >= 11 is 0. The van der Waals surface area contributed by atoms with Gasteiger partial charge in [0.2, 0.25) is 5.43 Å². The van der Waals surface area contributed by atoms with Gasteiger partial charge in [0.15, 0.2) is 17.5 Å². The molecule has 0 spiro atoms. The van der Waals surface area contributed by atoms with Crippen molar-refractivity contribution < 1.29 is 23.1 Å². The number of likely N-dealkylation sites (N-methyl/N-ethyl adjacent to an activating group) is 1. The molecule has 0 aliphatic carbocycles. The minimum Gasteiger partial charge on any atom is -0.465 e. The van der Waals surface area contributed by atoms with Gasteiger partial charge >= 0.3 is 6.09 Å². The lowest BCUT2D eigenvalue weighted by atomic mass is 10.1. The summed E-state index contributed by atoms with van der Waals surface area (Å²) in [5.74, 6) is -4.33. The van der Waals surface area contributed by atoms with E-state index in [4.69, 9.17) is 0 Å². The number of carbonyl (C=O) groups is 1. The van der Waals surface area contributed by atoms with Crippen LogP contribution in [0.2, 0.25) is 0 Å². The minimum absolute atomic E-state index is 0.0639. The number of hydrogen-bond donors (Lipinski definition) is 1. The maximum Gasteiger partial charge on any atom is 0.411 e. The van der Waals surface area contributed by atoms with Gasteiger partial charge in [0.25, 0.3) is 0 Å². The third-order valence-corrected chi connectivity index (χ3v) is 6.39. The standard InChI is InChI=1S/C26H28F3N5O3/c1-31-10-12-32(13-11-31)7-3-8-33(26(36)37)19-5-2-4-18(14-19)15-23-24(35)6-9-34(30-23)20-16-21(27)25(29)22(28)17-20/h2,4-6,9,14,16-17H,3,7-8,10-13,15H2,1H3,(H,36,37). The highest BCUT2D eigenvalue weighted by atomic mass is 19.2. The second-order valence-corrected chi connectivity index (χ2v) is 9.07. The van der Waals surface area contributed by atoms with Gasteiger partial charge < -0.3 is 14.9 Å². The molecule has 37 heavy (non-hydrogen) atoms. The highest BCUT2D eigenvalue weighted by Gasteiger charge is 2.18. The van der Waals surface area contributed by atoms with Gasteiger partial charge in [-0.05, 0) is 37.7 Å². The van der Waals surface area contributed by atoms with Crippen LogP contribution in [0.4, 0.5) is 23.7 Å². The predicted molar refractivity (Wildman–Crippen MR) is 133 cm³/mol. The number of rotatable bonds is 8. The molecule has 4 rings (SSSR count). The zero-order valence-electron chi connectivity index (χ0n) is 20.4. The fourth-order valence-corrected chi connectivity index (χ4v) is 4.27. The Morgan fingerprint density at radius 3 is 2.43 bits per heavy atom. The summed E-state index contributed by atoms with van der Waals surface area (Å²) in [5, 5.41) is 14.0. The number of nitrogens with zero attached hydrogens (tertiary/aromatic N) is 5. The van der Waals surface area contributed by atoms with Crippen molar-refractivity contribution in [3.63, 3.8) is 0 Å². The van der Waals surface area contributed by atoms with Crippen molar-refractivity contribution in [1.82, 2.24) is 19.6 Å². The van der Waals surface area contributed by atoms with Crippen LogP contribution < -0.4 is 10.3 Å². The molecule has 1 aliphatic rings. The Kier molecular flexibility index (Phi) is 8.24. The monoisotopic (exact) mass is 515 g/mol. The number of aromatic nitrogens is 2. The van der Waals surface area contributed by atoms with Crippen LogP contribution in [0.15, 0.2) is 53.5 Å². The summed E-state index contributed by atoms with van der Waals surface area (Å²) in [6.45, 7) is 5.02. The Hall–Kier alpha value is -3.70. The molecule has 8 nitrogen and oxygen atoms in total. The molecule has 1 amide bonds. The highest BCUT2D eigenvalue weighted by Crippen LogP contribution is 2.20. The van der Waals surface area contributed by atoms with E-state index in [0.29, 0.717) is 24.2 Å². The molecular weight excluding hydrogens is 487 g/mol. The smallest absolute Gasteiger partial charge is 0.411 e. The first-order valence-corrected chi connectivity index (χ1v) is 12.0. The number of anilines is 1. The second-order valence-electron chi connectivity index (χ2n) is 9.07. The van der Waals surface area contributed by atoms with E-state index in [2.05, 4.69) is 21.9 Å². The van der Waals surface area contributed by atoms with Crippen LogP contribution in [-0.4, -0.2) is 77.1 Å². The summed E-state index contributed by atoms with van der Waals surface area (Å²) < 4.78 is 41.8. The third kappa shape index (κ3) is 6.55. The zero-order chi connectivity index (χ0) is 26.5. The van der Waals surface area contributed by atoms with Crippen LogP contribution >= 0.6 is 0 Å². The van der Waals surface area contributed by atoms with Crippen LogP contribution in [0.5, 0.6) is 0 Å². The third-order valence-electron chi connectivity index (χ3n) is 6.39. The van der Waals surface area contributed by atoms with Crippen molar-refractivity contribution in [2.75, 3.05) is 51.2 Å². The maximum atomic E-state index is 13.7. The lowest BCUT2D eigenvalue weighted by Crippen LogP contribution is -2.45. The van der Waals surface area contributed by atoms with E-state index in [0.717, 1.165) is 49.5 Å². The summed E-state index contributed by atoms with van der Waals surface area (Å²) in [6.07, 6.45) is 0.904. The Labute approximate surface area is 212 Å². The summed E-state index contributed by atoms with van der Waals surface area (Å²) in [7, 11) is 2.08. The molecule has 0 saturated carbocycles. The van der Waals surface area contributed by atoms with Crippen LogP contribution in [-0.2, 0) is 6.42 Å². The topological polar surface area (TPSA) is 81.9 Å². The van der Waals surface area contributed by atoms with E-state index in [9.17, 15) is 27.9 Å².